The Labute approximate surface area is 86.2 Å². The van der Waals surface area contributed by atoms with E-state index in [9.17, 15) is 0 Å². The first-order valence-corrected chi connectivity index (χ1v) is 5.76. The summed E-state index contributed by atoms with van der Waals surface area (Å²) in [6.07, 6.45) is 2.81. The van der Waals surface area contributed by atoms with Crippen LogP contribution in [0.3, 0.4) is 0 Å². The van der Waals surface area contributed by atoms with Crippen LogP contribution in [0.2, 0.25) is 0 Å². The van der Waals surface area contributed by atoms with E-state index in [1.807, 2.05) is 0 Å². The van der Waals surface area contributed by atoms with Crippen molar-refractivity contribution in [2.45, 2.75) is 25.9 Å². The third-order valence-electron chi connectivity index (χ3n) is 3.28. The number of ether oxygens (including phenoxy) is 2. The smallest absolute Gasteiger partial charge is 0.0625 e. The molecular weight excluding hydrogens is 178 g/mol. The summed E-state index contributed by atoms with van der Waals surface area (Å²) in [5, 5.41) is 3.39. The molecule has 3 atom stereocenters. The molecule has 0 aliphatic carbocycles. The Hall–Kier alpha value is -0.120. The topological polar surface area (TPSA) is 30.5 Å². The summed E-state index contributed by atoms with van der Waals surface area (Å²) in [4.78, 5) is 0. The largest absolute Gasteiger partial charge is 0.381 e. The lowest BCUT2D eigenvalue weighted by Crippen LogP contribution is -2.40. The van der Waals surface area contributed by atoms with Gasteiger partial charge < -0.3 is 14.8 Å². The van der Waals surface area contributed by atoms with E-state index in [-0.39, 0.29) is 0 Å². The van der Waals surface area contributed by atoms with Gasteiger partial charge in [0, 0.05) is 19.1 Å². The van der Waals surface area contributed by atoms with Crippen LogP contribution in [0.15, 0.2) is 0 Å². The van der Waals surface area contributed by atoms with E-state index in [2.05, 4.69) is 12.2 Å². The summed E-state index contributed by atoms with van der Waals surface area (Å²) in [5.74, 6) is 1.31. The van der Waals surface area contributed by atoms with Crippen LogP contribution in [0.25, 0.3) is 0 Å². The van der Waals surface area contributed by atoms with Crippen molar-refractivity contribution in [3.05, 3.63) is 0 Å². The summed E-state index contributed by atoms with van der Waals surface area (Å²) in [6.45, 7) is 7.20. The van der Waals surface area contributed by atoms with Gasteiger partial charge in [-0.15, -0.1) is 0 Å². The summed E-state index contributed by atoms with van der Waals surface area (Å²) >= 11 is 0. The monoisotopic (exact) mass is 199 g/mol. The zero-order valence-corrected chi connectivity index (χ0v) is 9.00. The molecule has 0 saturated carbocycles. The van der Waals surface area contributed by atoms with E-state index < -0.39 is 0 Å². The van der Waals surface area contributed by atoms with Crippen molar-refractivity contribution in [3.63, 3.8) is 0 Å². The molecule has 3 heteroatoms. The van der Waals surface area contributed by atoms with Crippen LogP contribution in [0.4, 0.5) is 0 Å². The maximum absolute atomic E-state index is 5.96. The molecule has 3 unspecified atom stereocenters. The van der Waals surface area contributed by atoms with Crippen LogP contribution in [-0.2, 0) is 9.47 Å². The first-order valence-electron chi connectivity index (χ1n) is 5.76. The fourth-order valence-electron chi connectivity index (χ4n) is 2.21. The Morgan fingerprint density at radius 3 is 3.07 bits per heavy atom. The van der Waals surface area contributed by atoms with Crippen LogP contribution in [0.5, 0.6) is 0 Å². The fraction of sp³-hybridized carbons (Fsp3) is 1.00. The molecule has 2 aliphatic heterocycles. The van der Waals surface area contributed by atoms with Crippen molar-refractivity contribution in [1.82, 2.24) is 5.32 Å². The van der Waals surface area contributed by atoms with Gasteiger partial charge in [0.1, 0.15) is 0 Å². The van der Waals surface area contributed by atoms with Crippen molar-refractivity contribution in [3.8, 4) is 0 Å². The van der Waals surface area contributed by atoms with Crippen LogP contribution in [-0.4, -0.2) is 39.0 Å². The van der Waals surface area contributed by atoms with E-state index >= 15 is 0 Å². The zero-order valence-electron chi connectivity index (χ0n) is 9.00. The highest BCUT2D eigenvalue weighted by Gasteiger charge is 2.24. The number of hydrogen-bond acceptors (Lipinski definition) is 3. The predicted molar refractivity (Wildman–Crippen MR) is 55.3 cm³/mol. The van der Waals surface area contributed by atoms with Crippen LogP contribution < -0.4 is 5.32 Å². The van der Waals surface area contributed by atoms with Gasteiger partial charge in [-0.05, 0) is 25.3 Å². The molecule has 2 heterocycles. The highest BCUT2D eigenvalue weighted by molar-refractivity contribution is 4.76. The Bertz CT molecular complexity index is 169. The van der Waals surface area contributed by atoms with Gasteiger partial charge in [-0.1, -0.05) is 6.92 Å². The van der Waals surface area contributed by atoms with Crippen molar-refractivity contribution in [2.75, 3.05) is 32.9 Å². The summed E-state index contributed by atoms with van der Waals surface area (Å²) in [5.41, 5.74) is 0. The Morgan fingerprint density at radius 2 is 2.36 bits per heavy atom. The zero-order chi connectivity index (χ0) is 9.80. The third kappa shape index (κ3) is 2.69. The van der Waals surface area contributed by atoms with E-state index in [1.54, 1.807) is 0 Å². The SMILES string of the molecule is CC1CNCCC1OCC1CCOC1. The van der Waals surface area contributed by atoms with Gasteiger partial charge in [0.2, 0.25) is 0 Å². The Balaban J connectivity index is 1.67. The minimum absolute atomic E-state index is 0.469. The van der Waals surface area contributed by atoms with Crippen LogP contribution in [0.1, 0.15) is 19.8 Å². The maximum atomic E-state index is 5.96. The minimum Gasteiger partial charge on any atom is -0.381 e. The van der Waals surface area contributed by atoms with Gasteiger partial charge in [-0.25, -0.2) is 0 Å². The molecule has 0 radical (unpaired) electrons. The first-order chi connectivity index (χ1) is 6.86. The molecule has 2 aliphatic rings. The van der Waals surface area contributed by atoms with Crippen molar-refractivity contribution >= 4 is 0 Å². The Morgan fingerprint density at radius 1 is 1.43 bits per heavy atom. The molecule has 0 bridgehead atoms. The number of piperidine rings is 1. The first kappa shape index (κ1) is 10.4. The maximum Gasteiger partial charge on any atom is 0.0625 e. The molecule has 0 aromatic carbocycles. The highest BCUT2D eigenvalue weighted by Crippen LogP contribution is 2.18. The molecule has 2 fully saturated rings. The summed E-state index contributed by atoms with van der Waals surface area (Å²) in [7, 11) is 0. The molecule has 14 heavy (non-hydrogen) atoms. The quantitative estimate of drug-likeness (QED) is 0.736. The minimum atomic E-state index is 0.469. The van der Waals surface area contributed by atoms with E-state index in [1.165, 1.54) is 6.42 Å². The summed E-state index contributed by atoms with van der Waals surface area (Å²) < 4.78 is 11.3. The van der Waals surface area contributed by atoms with Gasteiger partial charge in [0.15, 0.2) is 0 Å². The van der Waals surface area contributed by atoms with Crippen molar-refractivity contribution in [2.24, 2.45) is 11.8 Å². The van der Waals surface area contributed by atoms with Crippen molar-refractivity contribution < 1.29 is 9.47 Å². The lowest BCUT2D eigenvalue weighted by atomic mass is 9.98. The van der Waals surface area contributed by atoms with E-state index in [4.69, 9.17) is 9.47 Å². The predicted octanol–water partition coefficient (Wildman–Crippen LogP) is 1.04. The Kier molecular flexibility index (Phi) is 3.79. The molecule has 1 N–H and O–H groups in total. The molecular formula is C11H21NO2. The van der Waals surface area contributed by atoms with Crippen LogP contribution in [0, 0.1) is 11.8 Å². The van der Waals surface area contributed by atoms with Gasteiger partial charge in [-0.3, -0.25) is 0 Å². The van der Waals surface area contributed by atoms with Crippen molar-refractivity contribution in [1.29, 1.82) is 0 Å². The van der Waals surface area contributed by atoms with Gasteiger partial charge >= 0.3 is 0 Å². The molecule has 2 rings (SSSR count). The molecule has 0 aromatic heterocycles. The lowest BCUT2D eigenvalue weighted by molar-refractivity contribution is -0.0176. The molecule has 82 valence electrons. The van der Waals surface area contributed by atoms with Gasteiger partial charge in [0.25, 0.3) is 0 Å². The second kappa shape index (κ2) is 5.10. The second-order valence-corrected chi connectivity index (χ2v) is 4.57. The average Bonchev–Trinajstić information content (AvgIpc) is 2.69. The molecule has 0 amide bonds. The van der Waals surface area contributed by atoms with Gasteiger partial charge in [-0.2, -0.15) is 0 Å². The highest BCUT2D eigenvalue weighted by atomic mass is 16.5. The number of hydrogen-bond donors (Lipinski definition) is 1. The average molecular weight is 199 g/mol. The standard InChI is InChI=1S/C11H21NO2/c1-9-6-12-4-2-11(9)14-8-10-3-5-13-7-10/h9-12H,2-8H2,1H3. The second-order valence-electron chi connectivity index (χ2n) is 4.57. The molecule has 3 nitrogen and oxygen atoms in total. The number of rotatable bonds is 3. The van der Waals surface area contributed by atoms with Crippen LogP contribution >= 0.6 is 0 Å². The normalized spacial score (nSPS) is 38.8. The molecule has 0 aromatic rings. The number of nitrogens with one attached hydrogen (secondary N) is 1. The van der Waals surface area contributed by atoms with E-state index in [0.29, 0.717) is 17.9 Å². The fourth-order valence-corrected chi connectivity index (χ4v) is 2.21. The lowest BCUT2D eigenvalue weighted by Gasteiger charge is -2.30. The van der Waals surface area contributed by atoms with Gasteiger partial charge in [0.05, 0.1) is 19.3 Å². The molecule has 0 spiro atoms. The third-order valence-corrected chi connectivity index (χ3v) is 3.28. The summed E-state index contributed by atoms with van der Waals surface area (Å²) in [6, 6.07) is 0. The van der Waals surface area contributed by atoms with E-state index in [0.717, 1.165) is 39.3 Å². The molecule has 2 saturated heterocycles.